The van der Waals surface area contributed by atoms with Crippen LogP contribution in [0.4, 0.5) is 0 Å². The summed E-state index contributed by atoms with van der Waals surface area (Å²) in [6, 6.07) is 0. The van der Waals surface area contributed by atoms with Gasteiger partial charge in [-0.25, -0.2) is 4.57 Å². The zero-order valence-electron chi connectivity index (χ0n) is 3.36. The van der Waals surface area contributed by atoms with Crippen LogP contribution in [0.3, 0.4) is 0 Å². The third-order valence-corrected chi connectivity index (χ3v) is 2.31. The van der Waals surface area contributed by atoms with Gasteiger partial charge in [0.25, 0.3) is 0 Å². The maximum atomic E-state index is 10.4. The van der Waals surface area contributed by atoms with Crippen molar-refractivity contribution in [1.82, 2.24) is 0 Å². The van der Waals surface area contributed by atoms with Crippen LogP contribution in [-0.4, -0.2) is 12.9 Å². The van der Waals surface area contributed by atoms with E-state index in [0.717, 1.165) is 0 Å². The second-order valence-electron chi connectivity index (χ2n) is 1.38. The summed E-state index contributed by atoms with van der Waals surface area (Å²) in [7, 11) is -2.90. The van der Waals surface area contributed by atoms with Crippen molar-refractivity contribution >= 4 is 7.82 Å². The molecule has 4 nitrogen and oxygen atoms in total. The van der Waals surface area contributed by atoms with Crippen molar-refractivity contribution in [2.24, 2.45) is 0 Å². The lowest BCUT2D eigenvalue weighted by atomic mass is 10.7. The van der Waals surface area contributed by atoms with E-state index in [9.17, 15) is 4.57 Å². The van der Waals surface area contributed by atoms with E-state index in [2.05, 4.69) is 13.6 Å². The van der Waals surface area contributed by atoms with Gasteiger partial charge >= 0.3 is 7.82 Å². The Kier molecular flexibility index (Phi) is 0.535. The van der Waals surface area contributed by atoms with Crippen LogP contribution < -0.4 is 0 Å². The van der Waals surface area contributed by atoms with Gasteiger partial charge in [-0.1, -0.05) is 0 Å². The van der Waals surface area contributed by atoms with E-state index in [0.29, 0.717) is 6.61 Å². The summed E-state index contributed by atoms with van der Waals surface area (Å²) >= 11 is 0. The van der Waals surface area contributed by atoms with Crippen molar-refractivity contribution in [3.8, 4) is 0 Å². The number of hydrogen-bond acceptors (Lipinski definition) is 4. The number of fused-ring (bicyclic) bond motifs is 1. The molecule has 0 saturated carbocycles. The van der Waals surface area contributed by atoms with E-state index in [1.165, 1.54) is 0 Å². The molecule has 0 aromatic heterocycles. The fraction of sp³-hybridized carbons (Fsp3) is 1.00. The molecule has 7 heavy (non-hydrogen) atoms. The van der Waals surface area contributed by atoms with E-state index in [-0.39, 0.29) is 6.29 Å². The van der Waals surface area contributed by atoms with Crippen molar-refractivity contribution in [3.63, 3.8) is 0 Å². The van der Waals surface area contributed by atoms with Gasteiger partial charge in [-0.15, -0.1) is 0 Å². The van der Waals surface area contributed by atoms with E-state index >= 15 is 0 Å². The molecule has 5 heteroatoms. The second-order valence-corrected chi connectivity index (χ2v) is 2.96. The normalized spacial score (nSPS) is 56.9. The smallest absolute Gasteiger partial charge is 0.281 e. The maximum Gasteiger partial charge on any atom is 0.479 e. The summed E-state index contributed by atoms with van der Waals surface area (Å²) in [5, 5.41) is 0. The van der Waals surface area contributed by atoms with E-state index in [1.807, 2.05) is 0 Å². The molecule has 40 valence electrons. The lowest BCUT2D eigenvalue weighted by molar-refractivity contribution is -0.0542. The molecule has 0 aromatic carbocycles. The molecule has 3 aliphatic rings. The van der Waals surface area contributed by atoms with Crippen molar-refractivity contribution in [3.05, 3.63) is 0 Å². The number of hydrogen-bond donors (Lipinski definition) is 0. The third-order valence-electron chi connectivity index (χ3n) is 0.862. The number of rotatable bonds is 0. The molecule has 2 bridgehead atoms. The summed E-state index contributed by atoms with van der Waals surface area (Å²) < 4.78 is 24.0. The highest BCUT2D eigenvalue weighted by Gasteiger charge is 2.52. The minimum atomic E-state index is -2.90. The van der Waals surface area contributed by atoms with Crippen molar-refractivity contribution in [1.29, 1.82) is 0 Å². The van der Waals surface area contributed by atoms with E-state index < -0.39 is 7.82 Å². The molecule has 0 unspecified atom stereocenters. The van der Waals surface area contributed by atoms with Crippen molar-refractivity contribution < 1.29 is 18.1 Å². The SMILES string of the molecule is O=P12OCC(O1)O2. The average Bonchev–Trinajstić information content (AvgIpc) is 1.88. The molecule has 0 atom stereocenters. The summed E-state index contributed by atoms with van der Waals surface area (Å²) in [4.78, 5) is 0. The monoisotopic (exact) mass is 122 g/mol. The van der Waals surface area contributed by atoms with Gasteiger partial charge in [-0.05, 0) is 0 Å². The van der Waals surface area contributed by atoms with Crippen LogP contribution in [0, 0.1) is 0 Å². The predicted octanol–water partition coefficient (Wildman–Crippen LogP) is 0.498. The van der Waals surface area contributed by atoms with Gasteiger partial charge in [0.2, 0.25) is 6.29 Å². The Morgan fingerprint density at radius 2 is 2.29 bits per heavy atom. The molecule has 0 spiro atoms. The fourth-order valence-corrected chi connectivity index (χ4v) is 1.71. The molecule has 3 fully saturated rings. The van der Waals surface area contributed by atoms with Crippen LogP contribution in [0.1, 0.15) is 0 Å². The Morgan fingerprint density at radius 3 is 2.43 bits per heavy atom. The highest BCUT2D eigenvalue weighted by molar-refractivity contribution is 7.50. The molecule has 0 aromatic rings. The molecular formula is C2H3O4P. The largest absolute Gasteiger partial charge is 0.479 e. The Balaban J connectivity index is 2.35. The summed E-state index contributed by atoms with van der Waals surface area (Å²) in [5.74, 6) is 0. The van der Waals surface area contributed by atoms with Gasteiger partial charge in [-0.3, -0.25) is 13.6 Å². The molecule has 3 aliphatic heterocycles. The van der Waals surface area contributed by atoms with Crippen LogP contribution >= 0.6 is 7.82 Å². The van der Waals surface area contributed by atoms with Gasteiger partial charge < -0.3 is 0 Å². The zero-order valence-corrected chi connectivity index (χ0v) is 4.26. The second kappa shape index (κ2) is 0.928. The standard InChI is InChI=1S/C2H3O4P/c3-7-4-1-2(5-7)6-7/h2H,1H2. The van der Waals surface area contributed by atoms with Crippen molar-refractivity contribution in [2.45, 2.75) is 6.29 Å². The predicted molar refractivity (Wildman–Crippen MR) is 19.5 cm³/mol. The van der Waals surface area contributed by atoms with Crippen LogP contribution in [0.5, 0.6) is 0 Å². The molecular weight excluding hydrogens is 119 g/mol. The van der Waals surface area contributed by atoms with Crippen LogP contribution in [-0.2, 0) is 18.1 Å². The molecule has 0 amide bonds. The number of phosphoric ester groups is 1. The minimum absolute atomic E-state index is 0.328. The van der Waals surface area contributed by atoms with Crippen molar-refractivity contribution in [2.75, 3.05) is 6.61 Å². The van der Waals surface area contributed by atoms with Gasteiger partial charge in [0.1, 0.15) is 6.61 Å². The summed E-state index contributed by atoms with van der Waals surface area (Å²) in [6.07, 6.45) is -0.328. The lowest BCUT2D eigenvalue weighted by Gasteiger charge is -2.18. The molecule has 3 saturated heterocycles. The molecule has 3 rings (SSSR count). The molecule has 0 radical (unpaired) electrons. The molecule has 0 N–H and O–H groups in total. The highest BCUT2D eigenvalue weighted by atomic mass is 31.2. The Morgan fingerprint density at radius 1 is 1.57 bits per heavy atom. The fourth-order valence-electron chi connectivity index (χ4n) is 0.570. The van der Waals surface area contributed by atoms with Gasteiger partial charge in [0.15, 0.2) is 0 Å². The number of phosphoric acid groups is 1. The summed E-state index contributed by atoms with van der Waals surface area (Å²) in [6.45, 7) is 0.331. The highest BCUT2D eigenvalue weighted by Crippen LogP contribution is 2.65. The van der Waals surface area contributed by atoms with Gasteiger partial charge in [0, 0.05) is 0 Å². The average molecular weight is 122 g/mol. The summed E-state index contributed by atoms with van der Waals surface area (Å²) in [5.41, 5.74) is 0. The van der Waals surface area contributed by atoms with Crippen LogP contribution in [0.15, 0.2) is 0 Å². The van der Waals surface area contributed by atoms with Gasteiger partial charge in [-0.2, -0.15) is 0 Å². The van der Waals surface area contributed by atoms with Crippen LogP contribution in [0.2, 0.25) is 0 Å². The Labute approximate surface area is 40.0 Å². The lowest BCUT2D eigenvalue weighted by Crippen LogP contribution is -2.16. The quantitative estimate of drug-likeness (QED) is 0.439. The Hall–Kier alpha value is 0.110. The van der Waals surface area contributed by atoms with E-state index in [1.54, 1.807) is 0 Å². The first kappa shape index (κ1) is 4.04. The van der Waals surface area contributed by atoms with Crippen LogP contribution in [0.25, 0.3) is 0 Å². The minimum Gasteiger partial charge on any atom is -0.281 e. The molecule has 3 heterocycles. The maximum absolute atomic E-state index is 10.4. The molecule has 0 aliphatic carbocycles. The third kappa shape index (κ3) is 0.398. The van der Waals surface area contributed by atoms with E-state index in [4.69, 9.17) is 0 Å². The first-order valence-electron chi connectivity index (χ1n) is 1.90. The topological polar surface area (TPSA) is 44.8 Å². The first-order chi connectivity index (χ1) is 3.29. The Bertz CT molecular complexity index is 124. The zero-order chi connectivity index (χ0) is 4.91. The van der Waals surface area contributed by atoms with Gasteiger partial charge in [0.05, 0.1) is 0 Å². The first-order valence-corrected chi connectivity index (χ1v) is 3.36.